The molecule has 2 amide bonds. The van der Waals surface area contributed by atoms with E-state index in [-0.39, 0.29) is 10.8 Å². The van der Waals surface area contributed by atoms with Crippen LogP contribution in [-0.2, 0) is 9.59 Å². The molecule has 1 N–H and O–H groups in total. The topological polar surface area (TPSA) is 66.5 Å². The number of hydrogen-bond acceptors (Lipinski definition) is 4. The number of imide groups is 1. The van der Waals surface area contributed by atoms with Crippen LogP contribution in [0.15, 0.2) is 48.5 Å². The van der Waals surface area contributed by atoms with Crippen molar-refractivity contribution in [1.29, 1.82) is 0 Å². The van der Waals surface area contributed by atoms with Gasteiger partial charge in [-0.1, -0.05) is 35.9 Å². The van der Waals surface area contributed by atoms with Gasteiger partial charge in [0.15, 0.2) is 5.78 Å². The molecule has 0 saturated carbocycles. The van der Waals surface area contributed by atoms with E-state index in [0.717, 1.165) is 0 Å². The van der Waals surface area contributed by atoms with E-state index in [1.54, 1.807) is 47.4 Å². The van der Waals surface area contributed by atoms with E-state index in [1.165, 1.54) is 12.1 Å². The average molecular weight is 397 g/mol. The predicted octanol–water partition coefficient (Wildman–Crippen LogP) is 2.83. The molecule has 28 heavy (non-hydrogen) atoms. The Morgan fingerprint density at radius 2 is 1.82 bits per heavy atom. The lowest BCUT2D eigenvalue weighted by atomic mass is 9.86. The molecule has 3 heterocycles. The first-order valence-corrected chi connectivity index (χ1v) is 9.25. The number of amides is 2. The van der Waals surface area contributed by atoms with Crippen LogP contribution in [0.2, 0.25) is 5.02 Å². The number of nitrogens with one attached hydrogen (secondary N) is 1. The van der Waals surface area contributed by atoms with E-state index in [2.05, 4.69) is 5.32 Å². The summed E-state index contributed by atoms with van der Waals surface area (Å²) in [5, 5.41) is 2.63. The van der Waals surface area contributed by atoms with Crippen molar-refractivity contribution in [2.24, 2.45) is 11.8 Å². The quantitative estimate of drug-likeness (QED) is 0.626. The van der Waals surface area contributed by atoms with Gasteiger partial charge < -0.3 is 4.90 Å². The Morgan fingerprint density at radius 1 is 1.07 bits per heavy atom. The van der Waals surface area contributed by atoms with E-state index in [0.29, 0.717) is 16.8 Å². The van der Waals surface area contributed by atoms with Crippen LogP contribution in [0, 0.1) is 17.7 Å². The Balaban J connectivity index is 1.69. The Hall–Kier alpha value is -2.99. The molecule has 5 rings (SSSR count). The summed E-state index contributed by atoms with van der Waals surface area (Å²) in [5.74, 6) is -3.11. The van der Waals surface area contributed by atoms with Gasteiger partial charge in [0.1, 0.15) is 11.9 Å². The van der Waals surface area contributed by atoms with Crippen molar-refractivity contribution in [1.82, 2.24) is 5.32 Å². The molecule has 3 aliphatic heterocycles. The van der Waals surface area contributed by atoms with Crippen molar-refractivity contribution >= 4 is 41.0 Å². The summed E-state index contributed by atoms with van der Waals surface area (Å²) in [7, 11) is 0. The second-order valence-corrected chi connectivity index (χ2v) is 7.56. The minimum absolute atomic E-state index is 0.282. The second kappa shape index (κ2) is 6.01. The number of hydrogen-bond donors (Lipinski definition) is 1. The molecule has 0 unspecified atom stereocenters. The van der Waals surface area contributed by atoms with E-state index >= 15 is 0 Å². The van der Waals surface area contributed by atoms with Crippen LogP contribution in [0.5, 0.6) is 0 Å². The zero-order valence-corrected chi connectivity index (χ0v) is 15.2. The minimum Gasteiger partial charge on any atom is -0.352 e. The van der Waals surface area contributed by atoms with E-state index < -0.39 is 41.6 Å². The van der Waals surface area contributed by atoms with Crippen LogP contribution in [-0.4, -0.2) is 29.7 Å². The Labute approximate surface area is 164 Å². The molecule has 0 aromatic heterocycles. The summed E-state index contributed by atoms with van der Waals surface area (Å²) >= 11 is 6.23. The fourth-order valence-electron chi connectivity index (χ4n) is 4.58. The number of anilines is 1. The maximum absolute atomic E-state index is 13.7. The van der Waals surface area contributed by atoms with E-state index in [9.17, 15) is 18.8 Å². The van der Waals surface area contributed by atoms with Crippen molar-refractivity contribution < 1.29 is 18.8 Å². The highest BCUT2D eigenvalue weighted by Crippen LogP contribution is 2.47. The monoisotopic (exact) mass is 396 g/mol. The fourth-order valence-corrected chi connectivity index (χ4v) is 4.81. The highest BCUT2D eigenvalue weighted by Gasteiger charge is 2.61. The average Bonchev–Trinajstić information content (AvgIpc) is 3.17. The third-order valence-electron chi connectivity index (χ3n) is 5.72. The Morgan fingerprint density at radius 3 is 2.61 bits per heavy atom. The SMILES string of the molecule is O=C1NC(=O)[C@@H]2[C@@H]1[C@H]1C=Cc3cc(F)ccc3N1[C@@H]2C(=O)c1ccccc1Cl. The van der Waals surface area contributed by atoms with Gasteiger partial charge in [0.05, 0.1) is 22.9 Å². The van der Waals surface area contributed by atoms with Crippen molar-refractivity contribution in [2.75, 3.05) is 4.90 Å². The number of rotatable bonds is 2. The number of halogens is 2. The normalized spacial score (nSPS) is 27.3. The number of benzene rings is 2. The molecular formula is C21H14ClFN2O3. The summed E-state index contributed by atoms with van der Waals surface area (Å²) in [6, 6.07) is 9.51. The lowest BCUT2D eigenvalue weighted by Crippen LogP contribution is -2.47. The smallest absolute Gasteiger partial charge is 0.233 e. The van der Waals surface area contributed by atoms with Crippen LogP contribution in [0.3, 0.4) is 0 Å². The van der Waals surface area contributed by atoms with Crippen molar-refractivity contribution in [3.8, 4) is 0 Å². The molecule has 0 radical (unpaired) electrons. The summed E-state index contributed by atoms with van der Waals surface area (Å²) in [5.41, 5.74) is 1.51. The molecular weight excluding hydrogens is 383 g/mol. The van der Waals surface area contributed by atoms with Crippen molar-refractivity contribution in [2.45, 2.75) is 12.1 Å². The van der Waals surface area contributed by atoms with Crippen LogP contribution in [0.1, 0.15) is 15.9 Å². The Kier molecular flexibility index (Phi) is 3.67. The number of fused-ring (bicyclic) bond motifs is 5. The fraction of sp³-hybridized carbons (Fsp3) is 0.190. The molecule has 7 heteroatoms. The standard InChI is InChI=1S/C21H14ClFN2O3/c22-13-4-2-1-3-12(13)19(26)18-17-16(20(27)24-21(17)28)15-7-5-10-9-11(23)6-8-14(10)25(15)18/h1-9,15-18H,(H,24,27,28)/t15-,16+,17-,18+/m1/s1. The van der Waals surface area contributed by atoms with Gasteiger partial charge in [0.25, 0.3) is 0 Å². The first-order valence-electron chi connectivity index (χ1n) is 8.87. The molecule has 2 aromatic rings. The lowest BCUT2D eigenvalue weighted by Gasteiger charge is -2.35. The predicted molar refractivity (Wildman–Crippen MR) is 101 cm³/mol. The molecule has 0 bridgehead atoms. The highest BCUT2D eigenvalue weighted by molar-refractivity contribution is 6.34. The maximum atomic E-state index is 13.7. The second-order valence-electron chi connectivity index (χ2n) is 7.15. The molecule has 140 valence electrons. The van der Waals surface area contributed by atoms with Crippen LogP contribution in [0.25, 0.3) is 6.08 Å². The summed E-state index contributed by atoms with van der Waals surface area (Å²) in [6.07, 6.45) is 3.49. The third-order valence-corrected chi connectivity index (χ3v) is 6.05. The first-order chi connectivity index (χ1) is 13.5. The number of Topliss-reactive ketones (excluding diaryl/α,β-unsaturated/α-hetero) is 1. The number of ketones is 1. The minimum atomic E-state index is -0.907. The van der Waals surface area contributed by atoms with Gasteiger partial charge in [0.2, 0.25) is 11.8 Å². The van der Waals surface area contributed by atoms with E-state index in [1.807, 2.05) is 0 Å². The van der Waals surface area contributed by atoms with Crippen LogP contribution < -0.4 is 10.2 Å². The maximum Gasteiger partial charge on any atom is 0.233 e. The molecule has 0 aliphatic carbocycles. The van der Waals surface area contributed by atoms with Gasteiger partial charge >= 0.3 is 0 Å². The van der Waals surface area contributed by atoms with Gasteiger partial charge in [-0.15, -0.1) is 0 Å². The highest BCUT2D eigenvalue weighted by atomic mass is 35.5. The van der Waals surface area contributed by atoms with Crippen LogP contribution in [0.4, 0.5) is 10.1 Å². The molecule has 2 fully saturated rings. The number of carbonyl (C=O) groups excluding carboxylic acids is 3. The summed E-state index contributed by atoms with van der Waals surface area (Å²) in [4.78, 5) is 40.3. The summed E-state index contributed by atoms with van der Waals surface area (Å²) in [6.45, 7) is 0. The van der Waals surface area contributed by atoms with Crippen molar-refractivity contribution in [3.63, 3.8) is 0 Å². The lowest BCUT2D eigenvalue weighted by molar-refractivity contribution is -0.126. The number of nitrogens with zero attached hydrogens (tertiary/aromatic N) is 1. The van der Waals surface area contributed by atoms with Crippen molar-refractivity contribution in [3.05, 3.63) is 70.5 Å². The van der Waals surface area contributed by atoms with Gasteiger partial charge in [-0.3, -0.25) is 19.7 Å². The first kappa shape index (κ1) is 17.1. The largest absolute Gasteiger partial charge is 0.352 e. The zero-order valence-electron chi connectivity index (χ0n) is 14.4. The summed E-state index contributed by atoms with van der Waals surface area (Å²) < 4.78 is 13.7. The van der Waals surface area contributed by atoms with Crippen LogP contribution >= 0.6 is 11.6 Å². The van der Waals surface area contributed by atoms with Gasteiger partial charge in [-0.2, -0.15) is 0 Å². The molecule has 2 saturated heterocycles. The van der Waals surface area contributed by atoms with Gasteiger partial charge in [-0.25, -0.2) is 4.39 Å². The molecule has 4 atom stereocenters. The van der Waals surface area contributed by atoms with E-state index in [4.69, 9.17) is 11.6 Å². The molecule has 5 nitrogen and oxygen atoms in total. The van der Waals surface area contributed by atoms with Gasteiger partial charge in [0, 0.05) is 16.8 Å². The third kappa shape index (κ3) is 2.27. The molecule has 3 aliphatic rings. The molecule has 2 aromatic carbocycles. The zero-order chi connectivity index (χ0) is 19.6. The number of carbonyl (C=O) groups is 3. The van der Waals surface area contributed by atoms with Gasteiger partial charge in [-0.05, 0) is 30.3 Å². The molecule has 0 spiro atoms. The Bertz CT molecular complexity index is 1080.